The van der Waals surface area contributed by atoms with E-state index in [0.717, 1.165) is 39.1 Å². The van der Waals surface area contributed by atoms with E-state index in [4.69, 9.17) is 0 Å². The van der Waals surface area contributed by atoms with Gasteiger partial charge in [-0.3, -0.25) is 14.0 Å². The molecule has 0 aromatic heterocycles. The topological polar surface area (TPSA) is 23.6 Å². The first kappa shape index (κ1) is 16.7. The summed E-state index contributed by atoms with van der Waals surface area (Å²) < 4.78 is 13.3. The zero-order chi connectivity index (χ0) is 17.6. The summed E-state index contributed by atoms with van der Waals surface area (Å²) in [6.45, 7) is 5.22. The molecule has 1 aromatic rings. The van der Waals surface area contributed by atoms with Gasteiger partial charge in [-0.1, -0.05) is 48.6 Å². The SMILES string of the molecule is O=S1C(=CC2CCN(Cc3ccccc3)CC2)CC2=CCN3CC=CC231. The predicted molar refractivity (Wildman–Crippen MR) is 107 cm³/mol. The summed E-state index contributed by atoms with van der Waals surface area (Å²) in [5.41, 5.74) is 2.77. The van der Waals surface area contributed by atoms with Crippen LogP contribution in [-0.4, -0.2) is 45.1 Å². The van der Waals surface area contributed by atoms with E-state index in [9.17, 15) is 4.21 Å². The third kappa shape index (κ3) is 2.67. The van der Waals surface area contributed by atoms with Gasteiger partial charge >= 0.3 is 0 Å². The largest absolute Gasteiger partial charge is 0.299 e. The van der Waals surface area contributed by atoms with E-state index in [2.05, 4.69) is 64.4 Å². The quantitative estimate of drug-likeness (QED) is 0.766. The number of rotatable bonds is 3. The molecule has 2 unspecified atom stereocenters. The Balaban J connectivity index is 1.24. The van der Waals surface area contributed by atoms with Gasteiger partial charge in [0.1, 0.15) is 4.87 Å². The summed E-state index contributed by atoms with van der Waals surface area (Å²) in [5.74, 6) is 0.579. The maximum Gasteiger partial charge on any atom is 0.142 e. The van der Waals surface area contributed by atoms with Gasteiger partial charge in [0.25, 0.3) is 0 Å². The third-order valence-electron chi connectivity index (χ3n) is 6.35. The molecule has 0 radical (unpaired) electrons. The van der Waals surface area contributed by atoms with Crippen molar-refractivity contribution in [1.82, 2.24) is 9.80 Å². The van der Waals surface area contributed by atoms with Gasteiger partial charge in [-0.2, -0.15) is 0 Å². The second kappa shape index (κ2) is 6.59. The Morgan fingerprint density at radius 3 is 2.77 bits per heavy atom. The summed E-state index contributed by atoms with van der Waals surface area (Å²) in [6.07, 6.45) is 12.3. The lowest BCUT2D eigenvalue weighted by molar-refractivity contribution is 0.195. The lowest BCUT2D eigenvalue weighted by atomic mass is 9.95. The van der Waals surface area contributed by atoms with Crippen LogP contribution in [-0.2, 0) is 17.3 Å². The lowest BCUT2D eigenvalue weighted by Gasteiger charge is -2.31. The Hall–Kier alpha value is -1.49. The second-order valence-corrected chi connectivity index (χ2v) is 9.60. The molecule has 136 valence electrons. The number of hydrogen-bond donors (Lipinski definition) is 0. The van der Waals surface area contributed by atoms with Crippen LogP contribution in [0, 0.1) is 5.92 Å². The smallest absolute Gasteiger partial charge is 0.142 e. The molecule has 26 heavy (non-hydrogen) atoms. The van der Waals surface area contributed by atoms with Gasteiger partial charge in [0.05, 0.1) is 10.8 Å². The van der Waals surface area contributed by atoms with Gasteiger partial charge in [0, 0.05) is 31.0 Å². The minimum absolute atomic E-state index is 0.278. The molecule has 4 heterocycles. The molecule has 5 rings (SSSR count). The second-order valence-electron chi connectivity index (χ2n) is 7.91. The number of allylic oxidation sites excluding steroid dienone is 2. The highest BCUT2D eigenvalue weighted by atomic mass is 32.2. The molecule has 2 saturated heterocycles. The lowest BCUT2D eigenvalue weighted by Crippen LogP contribution is -2.42. The Kier molecular flexibility index (Phi) is 4.23. The highest BCUT2D eigenvalue weighted by molar-refractivity contribution is 7.91. The maximum atomic E-state index is 13.3. The Morgan fingerprint density at radius 1 is 1.15 bits per heavy atom. The van der Waals surface area contributed by atoms with Crippen LogP contribution < -0.4 is 0 Å². The normalized spacial score (nSPS) is 33.6. The number of piperidine rings is 1. The van der Waals surface area contributed by atoms with E-state index >= 15 is 0 Å². The Morgan fingerprint density at radius 2 is 1.96 bits per heavy atom. The summed E-state index contributed by atoms with van der Waals surface area (Å²) in [7, 11) is -0.916. The molecule has 4 aliphatic heterocycles. The minimum Gasteiger partial charge on any atom is -0.299 e. The van der Waals surface area contributed by atoms with Crippen molar-refractivity contribution >= 4 is 10.8 Å². The van der Waals surface area contributed by atoms with E-state index in [1.54, 1.807) is 0 Å². The van der Waals surface area contributed by atoms with Crippen LogP contribution in [0.4, 0.5) is 0 Å². The van der Waals surface area contributed by atoms with E-state index in [0.29, 0.717) is 5.92 Å². The highest BCUT2D eigenvalue weighted by Gasteiger charge is 2.54. The first-order valence-electron chi connectivity index (χ1n) is 9.77. The zero-order valence-electron chi connectivity index (χ0n) is 15.1. The van der Waals surface area contributed by atoms with E-state index < -0.39 is 10.8 Å². The van der Waals surface area contributed by atoms with Crippen molar-refractivity contribution in [2.24, 2.45) is 5.92 Å². The molecule has 0 N–H and O–H groups in total. The summed E-state index contributed by atoms with van der Waals surface area (Å²) >= 11 is 0. The average Bonchev–Trinajstić information content (AvgIpc) is 3.30. The predicted octanol–water partition coefficient (Wildman–Crippen LogP) is 3.44. The first-order valence-corrected chi connectivity index (χ1v) is 10.9. The molecule has 0 bridgehead atoms. The molecule has 0 saturated carbocycles. The molecule has 1 spiro atoms. The number of nitrogens with zero attached hydrogens (tertiary/aromatic N) is 2. The van der Waals surface area contributed by atoms with Crippen molar-refractivity contribution < 1.29 is 4.21 Å². The van der Waals surface area contributed by atoms with Gasteiger partial charge in [-0.05, 0) is 49.1 Å². The summed E-state index contributed by atoms with van der Waals surface area (Å²) in [4.78, 5) is 5.81. The molecular formula is C22H26N2OS. The fourth-order valence-corrected chi connectivity index (χ4v) is 6.92. The monoisotopic (exact) mass is 366 g/mol. The van der Waals surface area contributed by atoms with Gasteiger partial charge in [0.2, 0.25) is 0 Å². The van der Waals surface area contributed by atoms with Crippen molar-refractivity contribution in [3.05, 3.63) is 70.7 Å². The molecule has 4 heteroatoms. The molecule has 0 amide bonds. The molecule has 4 aliphatic rings. The number of hydrogen-bond acceptors (Lipinski definition) is 3. The van der Waals surface area contributed by atoms with Gasteiger partial charge in [-0.15, -0.1) is 0 Å². The number of likely N-dealkylation sites (tertiary alicyclic amines) is 1. The fraction of sp³-hybridized carbons (Fsp3) is 0.455. The summed E-state index contributed by atoms with van der Waals surface area (Å²) in [5, 5.41) is 0. The zero-order valence-corrected chi connectivity index (χ0v) is 16.0. The van der Waals surface area contributed by atoms with Crippen molar-refractivity contribution in [3.63, 3.8) is 0 Å². The maximum absolute atomic E-state index is 13.3. The Bertz CT molecular complexity index is 805. The van der Waals surface area contributed by atoms with Crippen LogP contribution in [0.3, 0.4) is 0 Å². The van der Waals surface area contributed by atoms with Crippen LogP contribution in [0.5, 0.6) is 0 Å². The standard InChI is InChI=1S/C22H26N2OS/c25-26-21(16-20-9-14-24-11-4-10-22(20,24)26)15-18-7-12-23(13-8-18)17-19-5-2-1-3-6-19/h1-6,9-10,15,18H,7-8,11-14,16-17H2. The number of benzene rings is 1. The van der Waals surface area contributed by atoms with Gasteiger partial charge in [0.15, 0.2) is 0 Å². The van der Waals surface area contributed by atoms with E-state index in [1.165, 1.54) is 28.9 Å². The fourth-order valence-electron chi connectivity index (χ4n) is 4.92. The highest BCUT2D eigenvalue weighted by Crippen LogP contribution is 2.50. The van der Waals surface area contributed by atoms with Crippen molar-refractivity contribution in [2.75, 3.05) is 26.2 Å². The van der Waals surface area contributed by atoms with Crippen molar-refractivity contribution in [2.45, 2.75) is 30.7 Å². The van der Waals surface area contributed by atoms with E-state index in [1.807, 2.05) is 0 Å². The molecule has 3 nitrogen and oxygen atoms in total. The van der Waals surface area contributed by atoms with Crippen LogP contribution in [0.25, 0.3) is 0 Å². The first-order chi connectivity index (χ1) is 12.8. The van der Waals surface area contributed by atoms with Gasteiger partial charge in [-0.25, -0.2) is 0 Å². The molecule has 0 aliphatic carbocycles. The van der Waals surface area contributed by atoms with Crippen LogP contribution in [0.2, 0.25) is 0 Å². The van der Waals surface area contributed by atoms with Crippen LogP contribution in [0.1, 0.15) is 24.8 Å². The third-order valence-corrected chi connectivity index (χ3v) is 8.32. The van der Waals surface area contributed by atoms with Gasteiger partial charge < -0.3 is 0 Å². The summed E-state index contributed by atoms with van der Waals surface area (Å²) in [6, 6.07) is 10.7. The molecule has 2 fully saturated rings. The van der Waals surface area contributed by atoms with Crippen molar-refractivity contribution in [3.8, 4) is 0 Å². The Labute approximate surface area is 158 Å². The molecule has 1 aromatic carbocycles. The van der Waals surface area contributed by atoms with E-state index in [-0.39, 0.29) is 4.87 Å². The van der Waals surface area contributed by atoms with Crippen molar-refractivity contribution in [1.29, 1.82) is 0 Å². The molecule has 2 atom stereocenters. The minimum atomic E-state index is -0.916. The average molecular weight is 367 g/mol. The van der Waals surface area contributed by atoms with Crippen LogP contribution in [0.15, 0.2) is 65.1 Å². The molecular weight excluding hydrogens is 340 g/mol. The van der Waals surface area contributed by atoms with Crippen LogP contribution >= 0.6 is 0 Å².